The zero-order valence-electron chi connectivity index (χ0n) is 12.5. The molecule has 7 heteroatoms. The average Bonchev–Trinajstić information content (AvgIpc) is 2.42. The van der Waals surface area contributed by atoms with Gasteiger partial charge in [-0.05, 0) is 92.2 Å². The number of hydrogen-bond acceptors (Lipinski definition) is 2. The highest BCUT2D eigenvalue weighted by atomic mass is 127. The highest BCUT2D eigenvalue weighted by Crippen LogP contribution is 2.35. The summed E-state index contributed by atoms with van der Waals surface area (Å²) in [6.07, 6.45) is 2.15. The molecule has 0 saturated heterocycles. The van der Waals surface area contributed by atoms with Gasteiger partial charge in [0.15, 0.2) is 0 Å². The summed E-state index contributed by atoms with van der Waals surface area (Å²) < 4.78 is 2.78. The maximum absolute atomic E-state index is 12.5. The number of amides is 1. The van der Waals surface area contributed by atoms with E-state index in [0.29, 0.717) is 13.0 Å². The Kier molecular flexibility index (Phi) is 8.90. The van der Waals surface area contributed by atoms with E-state index in [-0.39, 0.29) is 12.3 Å². The third-order valence-electron chi connectivity index (χ3n) is 3.05. The van der Waals surface area contributed by atoms with Crippen LogP contribution in [0.25, 0.3) is 0 Å². The van der Waals surface area contributed by atoms with E-state index < -0.39 is 5.97 Å². The minimum atomic E-state index is -0.857. The third-order valence-corrected chi connectivity index (χ3v) is 6.00. The first-order valence-electron chi connectivity index (χ1n) is 7.01. The van der Waals surface area contributed by atoms with Crippen molar-refractivity contribution < 1.29 is 14.7 Å². The number of rotatable bonds is 7. The van der Waals surface area contributed by atoms with Crippen LogP contribution < -0.4 is 4.90 Å². The van der Waals surface area contributed by atoms with E-state index in [1.54, 1.807) is 0 Å². The first kappa shape index (κ1) is 20.4. The van der Waals surface area contributed by atoms with Gasteiger partial charge in [0, 0.05) is 23.7 Å². The van der Waals surface area contributed by atoms with Crippen molar-refractivity contribution in [1.29, 1.82) is 0 Å². The molecular weight excluding hydrogens is 623 g/mol. The quantitative estimate of drug-likeness (QED) is 0.441. The Morgan fingerprint density at radius 1 is 1.14 bits per heavy atom. The molecule has 1 aromatic carbocycles. The van der Waals surface area contributed by atoms with Gasteiger partial charge in [0.25, 0.3) is 0 Å². The number of hydrogen-bond donors (Lipinski definition) is 1. The summed E-state index contributed by atoms with van der Waals surface area (Å²) in [5.41, 5.74) is 1.65. The predicted molar refractivity (Wildman–Crippen MR) is 113 cm³/mol. The lowest BCUT2D eigenvalue weighted by molar-refractivity contribution is -0.136. The van der Waals surface area contributed by atoms with Crippen LogP contribution in [-0.4, -0.2) is 23.5 Å². The molecule has 0 aliphatic carbocycles. The van der Waals surface area contributed by atoms with Crippen LogP contribution >= 0.6 is 67.8 Å². The molecule has 0 fully saturated rings. The van der Waals surface area contributed by atoms with Gasteiger partial charge in [-0.25, -0.2) is 0 Å². The van der Waals surface area contributed by atoms with E-state index in [4.69, 9.17) is 5.11 Å². The molecule has 0 aliphatic rings. The lowest BCUT2D eigenvalue weighted by atomic mass is 10.1. The van der Waals surface area contributed by atoms with Crippen molar-refractivity contribution in [2.75, 3.05) is 11.4 Å². The molecule has 0 saturated carbocycles. The van der Waals surface area contributed by atoms with Crippen molar-refractivity contribution in [1.82, 2.24) is 0 Å². The van der Waals surface area contributed by atoms with Crippen LogP contribution in [0, 0.1) is 10.7 Å². The van der Waals surface area contributed by atoms with E-state index in [1.807, 2.05) is 24.8 Å². The molecule has 22 heavy (non-hydrogen) atoms. The van der Waals surface area contributed by atoms with Gasteiger partial charge in [-0.1, -0.05) is 13.8 Å². The van der Waals surface area contributed by atoms with Gasteiger partial charge in [-0.2, -0.15) is 0 Å². The molecule has 0 atom stereocenters. The fraction of sp³-hybridized carbons (Fsp3) is 0.467. The molecule has 0 aromatic heterocycles. The Balaban J connectivity index is 3.41. The van der Waals surface area contributed by atoms with Crippen molar-refractivity contribution in [3.05, 3.63) is 22.3 Å². The molecule has 0 spiro atoms. The fourth-order valence-corrected chi connectivity index (χ4v) is 6.45. The standard InChI is InChI=1S/C15H18I3NO3/c1-3-5-12(20)19(6-4-2)15-11(17)8-10(16)9(14(15)18)7-13(21)22/h8H,3-7H2,1-2H3,(H,21,22). The second-order valence-electron chi connectivity index (χ2n) is 4.85. The van der Waals surface area contributed by atoms with Crippen LogP contribution in [0.2, 0.25) is 0 Å². The molecule has 0 bridgehead atoms. The monoisotopic (exact) mass is 641 g/mol. The molecule has 122 valence electrons. The fourth-order valence-electron chi connectivity index (χ4n) is 2.11. The lowest BCUT2D eigenvalue weighted by Gasteiger charge is -2.26. The number of aliphatic carboxylic acids is 1. The van der Waals surface area contributed by atoms with Gasteiger partial charge in [-0.15, -0.1) is 0 Å². The van der Waals surface area contributed by atoms with Gasteiger partial charge in [0.05, 0.1) is 12.1 Å². The number of carbonyl (C=O) groups excluding carboxylic acids is 1. The molecule has 1 N–H and O–H groups in total. The second-order valence-corrected chi connectivity index (χ2v) is 8.25. The van der Waals surface area contributed by atoms with E-state index in [1.165, 1.54) is 0 Å². The van der Waals surface area contributed by atoms with E-state index >= 15 is 0 Å². The molecule has 1 aromatic rings. The number of benzene rings is 1. The van der Waals surface area contributed by atoms with Gasteiger partial charge < -0.3 is 10.0 Å². The molecule has 0 unspecified atom stereocenters. The van der Waals surface area contributed by atoms with Gasteiger partial charge in [-0.3, -0.25) is 9.59 Å². The minimum absolute atomic E-state index is 0.0254. The maximum atomic E-state index is 12.5. The Morgan fingerprint density at radius 3 is 2.27 bits per heavy atom. The summed E-state index contributed by atoms with van der Waals surface area (Å²) in [5, 5.41) is 9.12. The van der Waals surface area contributed by atoms with Crippen LogP contribution in [0.4, 0.5) is 5.69 Å². The summed E-state index contributed by atoms with van der Waals surface area (Å²) in [5.74, 6) is -0.757. The van der Waals surface area contributed by atoms with Gasteiger partial charge in [0.2, 0.25) is 5.91 Å². The highest BCUT2D eigenvalue weighted by Gasteiger charge is 2.23. The Bertz CT molecular complexity index is 576. The first-order valence-corrected chi connectivity index (χ1v) is 10.3. The summed E-state index contributed by atoms with van der Waals surface area (Å²) in [6, 6.07) is 1.96. The number of carboxylic acids is 1. The SMILES string of the molecule is CCCC(=O)N(CCC)c1c(I)cc(I)c(CC(=O)O)c1I. The van der Waals surface area contributed by atoms with Crippen molar-refractivity contribution in [3.8, 4) is 0 Å². The predicted octanol–water partition coefficient (Wildman–Crippen LogP) is 4.67. The molecular formula is C15H18I3NO3. The first-order chi connectivity index (χ1) is 10.3. The van der Waals surface area contributed by atoms with Crippen LogP contribution in [-0.2, 0) is 16.0 Å². The Morgan fingerprint density at radius 2 is 1.77 bits per heavy atom. The minimum Gasteiger partial charge on any atom is -0.481 e. The second kappa shape index (κ2) is 9.60. The Hall–Kier alpha value is 0.350. The molecule has 0 aliphatic heterocycles. The highest BCUT2D eigenvalue weighted by molar-refractivity contribution is 14.1. The topological polar surface area (TPSA) is 57.6 Å². The molecule has 0 radical (unpaired) electrons. The Labute approximate surface area is 171 Å². The molecule has 1 amide bonds. The van der Waals surface area contributed by atoms with Crippen LogP contribution in [0.15, 0.2) is 6.07 Å². The van der Waals surface area contributed by atoms with Crippen LogP contribution in [0.5, 0.6) is 0 Å². The number of carboxylic acid groups (broad SMARTS) is 1. The third kappa shape index (κ3) is 5.18. The summed E-state index contributed by atoms with van der Waals surface area (Å²) in [7, 11) is 0. The zero-order chi connectivity index (χ0) is 16.9. The van der Waals surface area contributed by atoms with Crippen molar-refractivity contribution >= 4 is 85.3 Å². The van der Waals surface area contributed by atoms with Gasteiger partial charge in [0.1, 0.15) is 0 Å². The van der Waals surface area contributed by atoms with E-state index in [2.05, 4.69) is 67.8 Å². The lowest BCUT2D eigenvalue weighted by Crippen LogP contribution is -2.33. The van der Waals surface area contributed by atoms with Crippen LogP contribution in [0.3, 0.4) is 0 Å². The summed E-state index contributed by atoms with van der Waals surface area (Å²) in [6.45, 7) is 4.68. The summed E-state index contributed by atoms with van der Waals surface area (Å²) in [4.78, 5) is 25.4. The van der Waals surface area contributed by atoms with Crippen LogP contribution in [0.1, 0.15) is 38.7 Å². The maximum Gasteiger partial charge on any atom is 0.307 e. The molecule has 4 nitrogen and oxygen atoms in total. The number of carbonyl (C=O) groups is 2. The van der Waals surface area contributed by atoms with Crippen molar-refractivity contribution in [3.63, 3.8) is 0 Å². The largest absolute Gasteiger partial charge is 0.481 e. The van der Waals surface area contributed by atoms with Crippen molar-refractivity contribution in [2.24, 2.45) is 0 Å². The molecule has 1 rings (SSSR count). The van der Waals surface area contributed by atoms with Gasteiger partial charge >= 0.3 is 5.97 Å². The average molecular weight is 641 g/mol. The van der Waals surface area contributed by atoms with E-state index in [0.717, 1.165) is 34.8 Å². The van der Waals surface area contributed by atoms with Crippen molar-refractivity contribution in [2.45, 2.75) is 39.5 Å². The smallest absolute Gasteiger partial charge is 0.307 e. The van der Waals surface area contributed by atoms with E-state index in [9.17, 15) is 9.59 Å². The normalized spacial score (nSPS) is 10.6. The number of anilines is 1. The number of halogens is 3. The zero-order valence-corrected chi connectivity index (χ0v) is 18.9. The number of nitrogens with zero attached hydrogens (tertiary/aromatic N) is 1. The summed E-state index contributed by atoms with van der Waals surface area (Å²) >= 11 is 6.57. The molecule has 0 heterocycles.